The highest BCUT2D eigenvalue weighted by Gasteiger charge is 2.37. The minimum atomic E-state index is -0.204. The van der Waals surface area contributed by atoms with Crippen LogP contribution in [0.5, 0.6) is 0 Å². The van der Waals surface area contributed by atoms with Crippen LogP contribution in [0.25, 0.3) is 0 Å². The van der Waals surface area contributed by atoms with Crippen LogP contribution in [0.3, 0.4) is 0 Å². The summed E-state index contributed by atoms with van der Waals surface area (Å²) in [5.74, 6) is 0.727. The Morgan fingerprint density at radius 3 is 2.35 bits per heavy atom. The van der Waals surface area contributed by atoms with Crippen LogP contribution < -0.4 is 9.80 Å². The van der Waals surface area contributed by atoms with Gasteiger partial charge in [0.25, 0.3) is 0 Å². The van der Waals surface area contributed by atoms with Gasteiger partial charge in [0, 0.05) is 11.1 Å². The lowest BCUT2D eigenvalue weighted by atomic mass is 10.0. The molecule has 0 amide bonds. The molecular formula is C24H31FN6+2. The lowest BCUT2D eigenvalue weighted by Gasteiger charge is -2.34. The first-order chi connectivity index (χ1) is 15.3. The van der Waals surface area contributed by atoms with E-state index in [-0.39, 0.29) is 11.9 Å². The van der Waals surface area contributed by atoms with E-state index < -0.39 is 0 Å². The van der Waals surface area contributed by atoms with Gasteiger partial charge in [-0.1, -0.05) is 43.2 Å². The Labute approximate surface area is 182 Å². The third kappa shape index (κ3) is 4.52. The van der Waals surface area contributed by atoms with Gasteiger partial charge in [0.05, 0.1) is 6.04 Å². The number of halogens is 1. The van der Waals surface area contributed by atoms with Crippen molar-refractivity contribution in [1.82, 2.24) is 20.2 Å². The summed E-state index contributed by atoms with van der Waals surface area (Å²) in [6.07, 6.45) is 4.75. The zero-order chi connectivity index (χ0) is 21.0. The predicted molar refractivity (Wildman–Crippen MR) is 115 cm³/mol. The number of benzene rings is 2. The first kappa shape index (κ1) is 20.3. The van der Waals surface area contributed by atoms with Crippen molar-refractivity contribution in [3.8, 4) is 0 Å². The van der Waals surface area contributed by atoms with Crippen molar-refractivity contribution >= 4 is 0 Å². The number of piperazine rings is 1. The van der Waals surface area contributed by atoms with Gasteiger partial charge in [0.1, 0.15) is 38.5 Å². The summed E-state index contributed by atoms with van der Waals surface area (Å²) >= 11 is 0. The van der Waals surface area contributed by atoms with Crippen LogP contribution in [0, 0.1) is 5.82 Å². The normalized spacial score (nSPS) is 23.1. The van der Waals surface area contributed by atoms with Gasteiger partial charge in [-0.3, -0.25) is 0 Å². The van der Waals surface area contributed by atoms with Crippen molar-refractivity contribution in [3.05, 3.63) is 77.4 Å². The summed E-state index contributed by atoms with van der Waals surface area (Å²) < 4.78 is 15.7. The molecule has 6 nitrogen and oxygen atoms in total. The molecule has 3 aromatic rings. The summed E-state index contributed by atoms with van der Waals surface area (Å²) in [4.78, 5) is 3.08. The highest BCUT2D eigenvalue weighted by Crippen LogP contribution is 2.31. The van der Waals surface area contributed by atoms with Crippen LogP contribution in [0.4, 0.5) is 4.39 Å². The fourth-order valence-electron chi connectivity index (χ4n) is 5.30. The highest BCUT2D eigenvalue weighted by atomic mass is 19.1. The third-order valence-electron chi connectivity index (χ3n) is 6.95. The van der Waals surface area contributed by atoms with Gasteiger partial charge in [-0.15, -0.1) is 5.10 Å². The van der Waals surface area contributed by atoms with Crippen LogP contribution in [0.15, 0.2) is 54.6 Å². The maximum Gasteiger partial charge on any atom is 0.214 e. The molecular weight excluding hydrogens is 391 g/mol. The summed E-state index contributed by atoms with van der Waals surface area (Å²) in [5.41, 5.74) is 2.48. The summed E-state index contributed by atoms with van der Waals surface area (Å²) in [6.45, 7) is 5.36. The fourth-order valence-corrected chi connectivity index (χ4v) is 5.30. The molecule has 1 saturated carbocycles. The lowest BCUT2D eigenvalue weighted by molar-refractivity contribution is -1.03. The minimum absolute atomic E-state index is 0.0366. The van der Waals surface area contributed by atoms with E-state index in [4.69, 9.17) is 0 Å². The minimum Gasteiger partial charge on any atom is -0.322 e. The van der Waals surface area contributed by atoms with E-state index in [1.54, 1.807) is 17.0 Å². The Hall–Kier alpha value is -2.64. The molecule has 0 bridgehead atoms. The fraction of sp³-hybridized carbons (Fsp3) is 0.458. The Kier molecular flexibility index (Phi) is 6.04. The standard InChI is InChI=1S/C24H29FN6/c25-21-12-10-20(11-13-21)23(24-26-27-28-31(24)22-8-4-5-9-22)30-16-14-29(15-17-30)18-19-6-2-1-3-7-19/h1-3,6-7,10-13,22-23H,4-5,8-9,14-18H2/p+2/t23-/m1/s1. The monoisotopic (exact) mass is 422 g/mol. The zero-order valence-corrected chi connectivity index (χ0v) is 17.9. The van der Waals surface area contributed by atoms with E-state index >= 15 is 0 Å². The average Bonchev–Trinajstić information content (AvgIpc) is 3.49. The molecule has 1 aromatic heterocycles. The first-order valence-corrected chi connectivity index (χ1v) is 11.5. The van der Waals surface area contributed by atoms with Gasteiger partial charge in [-0.25, -0.2) is 9.07 Å². The molecule has 162 valence electrons. The quantitative estimate of drug-likeness (QED) is 0.623. The SMILES string of the molecule is Fc1ccc([C@H](c2nnnn2C2CCCC2)[NH+]2CC[NH+](Cc3ccccc3)CC2)cc1. The van der Waals surface area contributed by atoms with E-state index in [9.17, 15) is 4.39 Å². The van der Waals surface area contributed by atoms with Crippen LogP contribution in [0.1, 0.15) is 54.7 Å². The second-order valence-corrected chi connectivity index (χ2v) is 8.98. The molecule has 0 spiro atoms. The van der Waals surface area contributed by atoms with E-state index in [0.717, 1.165) is 57.0 Å². The van der Waals surface area contributed by atoms with E-state index in [1.807, 2.05) is 12.1 Å². The molecule has 1 saturated heterocycles. The Bertz CT molecular complexity index is 959. The summed E-state index contributed by atoms with van der Waals surface area (Å²) in [7, 11) is 0. The van der Waals surface area contributed by atoms with Crippen molar-refractivity contribution in [2.75, 3.05) is 26.2 Å². The Balaban J connectivity index is 1.37. The molecule has 5 rings (SSSR count). The number of hydrogen-bond donors (Lipinski definition) is 2. The number of hydrogen-bond acceptors (Lipinski definition) is 3. The van der Waals surface area contributed by atoms with Crippen LogP contribution >= 0.6 is 0 Å². The Morgan fingerprint density at radius 1 is 0.935 bits per heavy atom. The molecule has 0 radical (unpaired) electrons. The average molecular weight is 423 g/mol. The number of aromatic nitrogens is 4. The van der Waals surface area contributed by atoms with Gasteiger partial charge in [0.2, 0.25) is 5.82 Å². The molecule has 2 N–H and O–H groups in total. The third-order valence-corrected chi connectivity index (χ3v) is 6.95. The molecule has 31 heavy (non-hydrogen) atoms. The van der Waals surface area contributed by atoms with Crippen molar-refractivity contribution in [1.29, 1.82) is 0 Å². The smallest absolute Gasteiger partial charge is 0.214 e. The molecule has 1 aliphatic heterocycles. The van der Waals surface area contributed by atoms with Gasteiger partial charge in [-0.05, 0) is 47.5 Å². The summed E-state index contributed by atoms with van der Waals surface area (Å²) in [6, 6.07) is 18.1. The van der Waals surface area contributed by atoms with Gasteiger partial charge >= 0.3 is 0 Å². The second kappa shape index (κ2) is 9.24. The molecule has 7 heteroatoms. The largest absolute Gasteiger partial charge is 0.322 e. The lowest BCUT2D eigenvalue weighted by Crippen LogP contribution is -3.27. The second-order valence-electron chi connectivity index (χ2n) is 8.98. The van der Waals surface area contributed by atoms with Crippen molar-refractivity contribution in [3.63, 3.8) is 0 Å². The molecule has 2 fully saturated rings. The molecule has 1 aliphatic carbocycles. The maximum atomic E-state index is 13.7. The number of rotatable bonds is 6. The van der Waals surface area contributed by atoms with Gasteiger partial charge in [-0.2, -0.15) is 0 Å². The topological polar surface area (TPSA) is 52.5 Å². The number of nitrogens with one attached hydrogen (secondary N) is 2. The van der Waals surface area contributed by atoms with Crippen LogP contribution in [0.2, 0.25) is 0 Å². The molecule has 2 aliphatic rings. The van der Waals surface area contributed by atoms with Crippen LogP contribution in [-0.2, 0) is 6.54 Å². The molecule has 2 aromatic carbocycles. The highest BCUT2D eigenvalue weighted by molar-refractivity contribution is 5.23. The van der Waals surface area contributed by atoms with Crippen molar-refractivity contribution in [2.24, 2.45) is 0 Å². The Morgan fingerprint density at radius 2 is 1.65 bits per heavy atom. The summed E-state index contributed by atoms with van der Waals surface area (Å²) in [5, 5.41) is 13.0. The van der Waals surface area contributed by atoms with Crippen molar-refractivity contribution in [2.45, 2.75) is 44.3 Å². The first-order valence-electron chi connectivity index (χ1n) is 11.5. The predicted octanol–water partition coefficient (Wildman–Crippen LogP) is 1.00. The molecule has 0 unspecified atom stereocenters. The van der Waals surface area contributed by atoms with E-state index in [0.29, 0.717) is 6.04 Å². The van der Waals surface area contributed by atoms with Gasteiger partial charge in [0.15, 0.2) is 6.04 Å². The number of tetrazole rings is 1. The molecule has 2 heterocycles. The van der Waals surface area contributed by atoms with E-state index in [1.165, 1.54) is 23.3 Å². The maximum absolute atomic E-state index is 13.7. The number of quaternary nitrogens is 2. The van der Waals surface area contributed by atoms with Crippen molar-refractivity contribution < 1.29 is 14.2 Å². The van der Waals surface area contributed by atoms with Gasteiger partial charge < -0.3 is 9.80 Å². The molecule has 1 atom stereocenters. The number of nitrogens with zero attached hydrogens (tertiary/aromatic N) is 4. The van der Waals surface area contributed by atoms with Crippen LogP contribution in [-0.4, -0.2) is 46.4 Å². The van der Waals surface area contributed by atoms with E-state index in [2.05, 4.69) is 50.5 Å². The zero-order valence-electron chi connectivity index (χ0n) is 17.9.